The second kappa shape index (κ2) is 4.75. The summed E-state index contributed by atoms with van der Waals surface area (Å²) in [5.41, 5.74) is 3.61. The number of nitrogens with zero attached hydrogens (tertiary/aromatic N) is 3. The van der Waals surface area contributed by atoms with Crippen molar-refractivity contribution in [3.8, 4) is 22.5 Å². The van der Waals surface area contributed by atoms with Crippen LogP contribution in [0, 0.1) is 6.20 Å². The lowest BCUT2D eigenvalue weighted by Crippen LogP contribution is -1.90. The zero-order chi connectivity index (χ0) is 12.2. The van der Waals surface area contributed by atoms with Crippen LogP contribution in [0.2, 0.25) is 0 Å². The van der Waals surface area contributed by atoms with E-state index in [4.69, 9.17) is 0 Å². The molecule has 0 spiro atoms. The molecule has 3 heterocycles. The Bertz CT molecular complexity index is 578. The van der Waals surface area contributed by atoms with Crippen molar-refractivity contribution in [2.45, 2.75) is 0 Å². The maximum Gasteiger partial charge on any atom is 0.0994 e. The van der Waals surface area contributed by atoms with Crippen molar-refractivity contribution in [3.63, 3.8) is 0 Å². The van der Waals surface area contributed by atoms with Gasteiger partial charge >= 0.3 is 0 Å². The molecule has 3 heteroatoms. The normalized spacial score (nSPS) is 10.2. The molecule has 85 valence electrons. The van der Waals surface area contributed by atoms with Crippen LogP contribution in [0.15, 0.2) is 61.1 Å². The molecule has 3 nitrogen and oxygen atoms in total. The average molecular weight is 232 g/mol. The van der Waals surface area contributed by atoms with Gasteiger partial charge in [-0.1, -0.05) is 12.1 Å². The molecule has 0 atom stereocenters. The second-order valence-corrected chi connectivity index (χ2v) is 3.78. The summed E-state index contributed by atoms with van der Waals surface area (Å²) in [5, 5.41) is 0. The van der Waals surface area contributed by atoms with E-state index in [0.29, 0.717) is 0 Å². The van der Waals surface area contributed by atoms with Gasteiger partial charge in [-0.25, -0.2) is 0 Å². The molecule has 0 unspecified atom stereocenters. The molecule has 3 aromatic rings. The highest BCUT2D eigenvalue weighted by molar-refractivity contribution is 5.78. The summed E-state index contributed by atoms with van der Waals surface area (Å²) in [6, 6.07) is 13.5. The molecule has 0 aliphatic carbocycles. The van der Waals surface area contributed by atoms with Crippen LogP contribution in [-0.4, -0.2) is 15.0 Å². The molecule has 0 amide bonds. The number of hydrogen-bond donors (Lipinski definition) is 0. The van der Waals surface area contributed by atoms with E-state index < -0.39 is 0 Å². The number of pyridine rings is 3. The monoisotopic (exact) mass is 232 g/mol. The Morgan fingerprint density at radius 3 is 2.11 bits per heavy atom. The van der Waals surface area contributed by atoms with E-state index in [1.165, 1.54) is 0 Å². The summed E-state index contributed by atoms with van der Waals surface area (Å²) < 4.78 is 0. The van der Waals surface area contributed by atoms with Crippen molar-refractivity contribution < 1.29 is 0 Å². The third-order valence-electron chi connectivity index (χ3n) is 2.62. The minimum atomic E-state index is 0.853. The van der Waals surface area contributed by atoms with E-state index in [-0.39, 0.29) is 0 Å². The minimum absolute atomic E-state index is 0.853. The fourth-order valence-corrected chi connectivity index (χ4v) is 1.80. The lowest BCUT2D eigenvalue weighted by molar-refractivity contribution is 1.25. The highest BCUT2D eigenvalue weighted by Gasteiger charge is 2.08. The van der Waals surface area contributed by atoms with E-state index in [0.717, 1.165) is 22.5 Å². The van der Waals surface area contributed by atoms with Crippen molar-refractivity contribution in [2.75, 3.05) is 0 Å². The molecule has 0 aliphatic heterocycles. The highest BCUT2D eigenvalue weighted by Crippen LogP contribution is 2.27. The Morgan fingerprint density at radius 1 is 0.722 bits per heavy atom. The van der Waals surface area contributed by atoms with E-state index in [2.05, 4.69) is 21.1 Å². The fourth-order valence-electron chi connectivity index (χ4n) is 1.80. The van der Waals surface area contributed by atoms with Gasteiger partial charge in [0.2, 0.25) is 0 Å². The number of rotatable bonds is 2. The van der Waals surface area contributed by atoms with E-state index in [9.17, 15) is 0 Å². The summed E-state index contributed by atoms with van der Waals surface area (Å²) in [6.45, 7) is 0. The van der Waals surface area contributed by atoms with Gasteiger partial charge in [0.15, 0.2) is 0 Å². The fraction of sp³-hybridized carbons (Fsp3) is 0. The first-order chi connectivity index (χ1) is 8.95. The van der Waals surface area contributed by atoms with E-state index >= 15 is 0 Å². The number of aromatic nitrogens is 3. The van der Waals surface area contributed by atoms with Gasteiger partial charge in [-0.3, -0.25) is 15.0 Å². The predicted octanol–water partition coefficient (Wildman–Crippen LogP) is 3.01. The maximum atomic E-state index is 4.36. The van der Waals surface area contributed by atoms with Gasteiger partial charge in [-0.15, -0.1) is 0 Å². The van der Waals surface area contributed by atoms with E-state index in [1.54, 1.807) is 18.6 Å². The van der Waals surface area contributed by atoms with Gasteiger partial charge in [0.1, 0.15) is 0 Å². The molecule has 18 heavy (non-hydrogen) atoms. The minimum Gasteiger partial charge on any atom is -0.256 e. The van der Waals surface area contributed by atoms with Crippen LogP contribution >= 0.6 is 0 Å². The molecule has 0 aliphatic rings. The van der Waals surface area contributed by atoms with E-state index in [1.807, 2.05) is 42.5 Å². The second-order valence-electron chi connectivity index (χ2n) is 3.78. The van der Waals surface area contributed by atoms with Crippen LogP contribution in [0.4, 0.5) is 0 Å². The van der Waals surface area contributed by atoms with Crippen molar-refractivity contribution >= 4 is 0 Å². The lowest BCUT2D eigenvalue weighted by Gasteiger charge is -2.06. The van der Waals surface area contributed by atoms with Crippen LogP contribution in [0.1, 0.15) is 0 Å². The molecule has 0 aromatic carbocycles. The van der Waals surface area contributed by atoms with Gasteiger partial charge in [0, 0.05) is 29.7 Å². The molecule has 0 fully saturated rings. The molecule has 0 N–H and O–H groups in total. The van der Waals surface area contributed by atoms with Gasteiger partial charge in [0.05, 0.1) is 17.6 Å². The van der Waals surface area contributed by atoms with Gasteiger partial charge in [-0.2, -0.15) is 0 Å². The molecule has 3 rings (SSSR count). The summed E-state index contributed by atoms with van der Waals surface area (Å²) in [4.78, 5) is 12.8. The molecule has 1 radical (unpaired) electrons. The zero-order valence-corrected chi connectivity index (χ0v) is 9.62. The van der Waals surface area contributed by atoms with Crippen molar-refractivity contribution in [1.29, 1.82) is 0 Å². The van der Waals surface area contributed by atoms with Crippen LogP contribution in [0.25, 0.3) is 22.5 Å². The third kappa shape index (κ3) is 1.98. The van der Waals surface area contributed by atoms with Crippen LogP contribution in [0.5, 0.6) is 0 Å². The Balaban J connectivity index is 2.18. The summed E-state index contributed by atoms with van der Waals surface area (Å²) >= 11 is 0. The largest absolute Gasteiger partial charge is 0.256 e. The molecule has 3 aromatic heterocycles. The van der Waals surface area contributed by atoms with Crippen LogP contribution < -0.4 is 0 Å². The number of hydrogen-bond acceptors (Lipinski definition) is 3. The Morgan fingerprint density at radius 2 is 1.44 bits per heavy atom. The van der Waals surface area contributed by atoms with Gasteiger partial charge < -0.3 is 0 Å². The van der Waals surface area contributed by atoms with Crippen LogP contribution in [-0.2, 0) is 0 Å². The molecular formula is C15H10N3. The quantitative estimate of drug-likeness (QED) is 0.681. The Labute approximate surface area is 105 Å². The smallest absolute Gasteiger partial charge is 0.0994 e. The predicted molar refractivity (Wildman–Crippen MR) is 69.5 cm³/mol. The maximum absolute atomic E-state index is 4.36. The zero-order valence-electron chi connectivity index (χ0n) is 9.62. The first-order valence-electron chi connectivity index (χ1n) is 5.64. The van der Waals surface area contributed by atoms with Crippen molar-refractivity contribution in [3.05, 3.63) is 67.3 Å². The molecule has 0 saturated carbocycles. The van der Waals surface area contributed by atoms with Crippen molar-refractivity contribution in [2.24, 2.45) is 0 Å². The van der Waals surface area contributed by atoms with Gasteiger partial charge in [0.25, 0.3) is 0 Å². The topological polar surface area (TPSA) is 38.7 Å². The highest BCUT2D eigenvalue weighted by atomic mass is 14.7. The molecule has 0 bridgehead atoms. The summed E-state index contributed by atoms with van der Waals surface area (Å²) in [7, 11) is 0. The lowest BCUT2D eigenvalue weighted by atomic mass is 10.0. The summed E-state index contributed by atoms with van der Waals surface area (Å²) in [6.07, 6.45) is 8.26. The first-order valence-corrected chi connectivity index (χ1v) is 5.64. The Hall–Kier alpha value is -2.55. The SMILES string of the molecule is [c]1nccc(-c2ccccn2)c1-c1ccccn1. The average Bonchev–Trinajstić information content (AvgIpc) is 2.49. The van der Waals surface area contributed by atoms with Crippen LogP contribution in [0.3, 0.4) is 0 Å². The molecular weight excluding hydrogens is 222 g/mol. The Kier molecular flexibility index (Phi) is 2.80. The van der Waals surface area contributed by atoms with Crippen molar-refractivity contribution in [1.82, 2.24) is 15.0 Å². The summed E-state index contributed by atoms with van der Waals surface area (Å²) in [5.74, 6) is 0. The first kappa shape index (κ1) is 10.6. The standard InChI is InChI=1S/C15H10N3/c1-3-8-17-14(5-1)12-7-10-16-11-13(12)15-6-2-4-9-18-15/h1-10H. The van der Waals surface area contributed by atoms with Gasteiger partial charge in [-0.05, 0) is 30.3 Å². The third-order valence-corrected chi connectivity index (χ3v) is 2.62. The molecule has 0 saturated heterocycles.